The summed E-state index contributed by atoms with van der Waals surface area (Å²) in [6.45, 7) is 0. The molecule has 1 heterocycles. The Morgan fingerprint density at radius 3 is 2.94 bits per heavy atom. The van der Waals surface area contributed by atoms with Gasteiger partial charge < -0.3 is 10.2 Å². The Balaban J connectivity index is 1.67. The summed E-state index contributed by atoms with van der Waals surface area (Å²) in [7, 11) is 0. The highest BCUT2D eigenvalue weighted by Gasteiger charge is 2.15. The molecule has 1 aromatic heterocycles. The number of nitrogens with zero attached hydrogens (tertiary/aromatic N) is 1. The second-order valence-corrected chi connectivity index (χ2v) is 6.19. The average Bonchev–Trinajstić information content (AvgIpc) is 2.79. The standard InChI is InChI=1S/C14H18N2OS/c15-10-6-7-13-12(8-10)16-14(17-13)9-18-11-4-2-1-3-5-11/h6-8,11H,1-5,9,15H2. The van der Waals surface area contributed by atoms with E-state index in [1.54, 1.807) is 0 Å². The van der Waals surface area contributed by atoms with Crippen LogP contribution in [0.4, 0.5) is 5.69 Å². The minimum Gasteiger partial charge on any atom is -0.440 e. The van der Waals surface area contributed by atoms with Gasteiger partial charge in [-0.2, -0.15) is 0 Å². The Bertz CT molecular complexity index is 532. The lowest BCUT2D eigenvalue weighted by atomic mass is 10.0. The molecule has 0 unspecified atom stereocenters. The topological polar surface area (TPSA) is 52.0 Å². The van der Waals surface area contributed by atoms with Gasteiger partial charge in [0, 0.05) is 10.9 Å². The van der Waals surface area contributed by atoms with Crippen molar-refractivity contribution in [3.8, 4) is 0 Å². The molecule has 0 amide bonds. The summed E-state index contributed by atoms with van der Waals surface area (Å²) in [6, 6.07) is 5.62. The molecule has 96 valence electrons. The van der Waals surface area contributed by atoms with E-state index in [0.717, 1.165) is 33.7 Å². The molecule has 3 rings (SSSR count). The minimum absolute atomic E-state index is 0.738. The first-order valence-corrected chi connectivity index (χ1v) is 7.63. The van der Waals surface area contributed by atoms with E-state index in [1.165, 1.54) is 32.1 Å². The van der Waals surface area contributed by atoms with Crippen molar-refractivity contribution in [1.82, 2.24) is 4.98 Å². The molecule has 0 saturated heterocycles. The van der Waals surface area contributed by atoms with E-state index in [2.05, 4.69) is 4.98 Å². The molecule has 0 aliphatic heterocycles. The van der Waals surface area contributed by atoms with Crippen LogP contribution in [-0.4, -0.2) is 10.2 Å². The van der Waals surface area contributed by atoms with E-state index in [9.17, 15) is 0 Å². The Morgan fingerprint density at radius 1 is 1.28 bits per heavy atom. The molecule has 2 aromatic rings. The third-order valence-corrected chi connectivity index (χ3v) is 4.81. The minimum atomic E-state index is 0.738. The summed E-state index contributed by atoms with van der Waals surface area (Å²) in [5.41, 5.74) is 8.18. The molecule has 0 bridgehead atoms. The van der Waals surface area contributed by atoms with E-state index in [1.807, 2.05) is 30.0 Å². The fourth-order valence-electron chi connectivity index (χ4n) is 2.47. The molecule has 0 radical (unpaired) electrons. The van der Waals surface area contributed by atoms with Crippen LogP contribution in [0.25, 0.3) is 11.1 Å². The lowest BCUT2D eigenvalue weighted by molar-refractivity contribution is 0.513. The molecular weight excluding hydrogens is 244 g/mol. The second-order valence-electron chi connectivity index (χ2n) is 4.91. The van der Waals surface area contributed by atoms with Crippen molar-refractivity contribution >= 4 is 28.5 Å². The maximum absolute atomic E-state index is 5.74. The first kappa shape index (κ1) is 11.9. The zero-order valence-electron chi connectivity index (χ0n) is 10.4. The van der Waals surface area contributed by atoms with Crippen molar-refractivity contribution < 1.29 is 4.42 Å². The van der Waals surface area contributed by atoms with Crippen LogP contribution in [0, 0.1) is 0 Å². The molecule has 18 heavy (non-hydrogen) atoms. The van der Waals surface area contributed by atoms with Crippen molar-refractivity contribution in [3.63, 3.8) is 0 Å². The number of rotatable bonds is 3. The molecule has 1 aliphatic carbocycles. The first-order chi connectivity index (χ1) is 8.81. The van der Waals surface area contributed by atoms with Gasteiger partial charge in [-0.1, -0.05) is 19.3 Å². The number of nitrogens with two attached hydrogens (primary N) is 1. The number of aromatic nitrogens is 1. The van der Waals surface area contributed by atoms with Gasteiger partial charge in [-0.3, -0.25) is 0 Å². The van der Waals surface area contributed by atoms with Crippen molar-refractivity contribution in [2.45, 2.75) is 43.1 Å². The molecule has 3 nitrogen and oxygen atoms in total. The third-order valence-electron chi connectivity index (χ3n) is 3.45. The van der Waals surface area contributed by atoms with Crippen LogP contribution in [-0.2, 0) is 5.75 Å². The van der Waals surface area contributed by atoms with Crippen LogP contribution in [0.5, 0.6) is 0 Å². The van der Waals surface area contributed by atoms with Gasteiger partial charge in [0.15, 0.2) is 5.58 Å². The van der Waals surface area contributed by atoms with Gasteiger partial charge in [0.25, 0.3) is 0 Å². The maximum atomic E-state index is 5.74. The average molecular weight is 262 g/mol. The Kier molecular flexibility index (Phi) is 3.46. The quantitative estimate of drug-likeness (QED) is 0.850. The highest BCUT2D eigenvalue weighted by molar-refractivity contribution is 7.99. The summed E-state index contributed by atoms with van der Waals surface area (Å²) >= 11 is 1.98. The number of fused-ring (bicyclic) bond motifs is 1. The zero-order chi connectivity index (χ0) is 12.4. The number of anilines is 1. The number of oxazole rings is 1. The fraction of sp³-hybridized carbons (Fsp3) is 0.500. The van der Waals surface area contributed by atoms with E-state index in [0.29, 0.717) is 0 Å². The summed E-state index contributed by atoms with van der Waals surface area (Å²) in [6.07, 6.45) is 6.85. The van der Waals surface area contributed by atoms with E-state index in [-0.39, 0.29) is 0 Å². The van der Waals surface area contributed by atoms with Crippen LogP contribution in [0.2, 0.25) is 0 Å². The van der Waals surface area contributed by atoms with E-state index in [4.69, 9.17) is 10.2 Å². The van der Waals surface area contributed by atoms with Gasteiger partial charge in [0.05, 0.1) is 5.75 Å². The van der Waals surface area contributed by atoms with Crippen molar-refractivity contribution in [3.05, 3.63) is 24.1 Å². The van der Waals surface area contributed by atoms with Gasteiger partial charge >= 0.3 is 0 Å². The number of hydrogen-bond acceptors (Lipinski definition) is 4. The summed E-state index contributed by atoms with van der Waals surface area (Å²) in [5, 5.41) is 0.791. The van der Waals surface area contributed by atoms with Gasteiger partial charge in [0.1, 0.15) is 5.52 Å². The molecule has 0 spiro atoms. The predicted molar refractivity (Wildman–Crippen MR) is 76.6 cm³/mol. The molecule has 1 aromatic carbocycles. The van der Waals surface area contributed by atoms with Gasteiger partial charge in [-0.15, -0.1) is 11.8 Å². The van der Waals surface area contributed by atoms with E-state index >= 15 is 0 Å². The van der Waals surface area contributed by atoms with Gasteiger partial charge in [0.2, 0.25) is 5.89 Å². The Labute approximate surface area is 111 Å². The number of hydrogen-bond donors (Lipinski definition) is 1. The number of thioether (sulfide) groups is 1. The highest BCUT2D eigenvalue weighted by atomic mass is 32.2. The summed E-state index contributed by atoms with van der Waals surface area (Å²) < 4.78 is 5.73. The fourth-order valence-corrected chi connectivity index (χ4v) is 3.64. The number of nitrogen functional groups attached to an aromatic ring is 1. The molecule has 1 fully saturated rings. The lowest BCUT2D eigenvalue weighted by Crippen LogP contribution is -2.08. The monoisotopic (exact) mass is 262 g/mol. The van der Waals surface area contributed by atoms with Crippen LogP contribution < -0.4 is 5.73 Å². The zero-order valence-corrected chi connectivity index (χ0v) is 11.2. The summed E-state index contributed by atoms with van der Waals surface area (Å²) in [4.78, 5) is 4.49. The summed E-state index contributed by atoms with van der Waals surface area (Å²) in [5.74, 6) is 1.70. The molecule has 1 aliphatic rings. The largest absolute Gasteiger partial charge is 0.440 e. The molecular formula is C14H18N2OS. The smallest absolute Gasteiger partial charge is 0.205 e. The van der Waals surface area contributed by atoms with E-state index < -0.39 is 0 Å². The van der Waals surface area contributed by atoms with Crippen molar-refractivity contribution in [2.24, 2.45) is 0 Å². The van der Waals surface area contributed by atoms with Crippen LogP contribution >= 0.6 is 11.8 Å². The maximum Gasteiger partial charge on any atom is 0.205 e. The number of benzene rings is 1. The first-order valence-electron chi connectivity index (χ1n) is 6.58. The second kappa shape index (κ2) is 5.22. The third kappa shape index (κ3) is 2.64. The van der Waals surface area contributed by atoms with Crippen LogP contribution in [0.3, 0.4) is 0 Å². The molecule has 0 atom stereocenters. The van der Waals surface area contributed by atoms with Crippen molar-refractivity contribution in [2.75, 3.05) is 5.73 Å². The highest BCUT2D eigenvalue weighted by Crippen LogP contribution is 2.31. The molecule has 1 saturated carbocycles. The Hall–Kier alpha value is -1.16. The predicted octanol–water partition coefficient (Wildman–Crippen LogP) is 3.98. The van der Waals surface area contributed by atoms with Crippen LogP contribution in [0.15, 0.2) is 22.6 Å². The lowest BCUT2D eigenvalue weighted by Gasteiger charge is -2.20. The molecule has 4 heteroatoms. The van der Waals surface area contributed by atoms with Gasteiger partial charge in [-0.25, -0.2) is 4.98 Å². The van der Waals surface area contributed by atoms with Gasteiger partial charge in [-0.05, 0) is 31.0 Å². The van der Waals surface area contributed by atoms with Crippen LogP contribution in [0.1, 0.15) is 38.0 Å². The molecule has 2 N–H and O–H groups in total. The normalized spacial score (nSPS) is 17.3. The SMILES string of the molecule is Nc1ccc2oc(CSC3CCCCC3)nc2c1. The van der Waals surface area contributed by atoms with Crippen molar-refractivity contribution in [1.29, 1.82) is 0 Å². The Morgan fingerprint density at radius 2 is 2.11 bits per heavy atom.